The quantitative estimate of drug-likeness (QED) is 0.522. The molecule has 0 aromatic rings. The standard InChI is InChI=1S/C5H11Cl.C5H12N/c1-2-3-4-5-6;1-3-4-5(2)6/h2-5H2,1H3;3-4,6H2,1-2H3. The van der Waals surface area contributed by atoms with Crippen molar-refractivity contribution in [2.45, 2.75) is 52.9 Å². The van der Waals surface area contributed by atoms with Gasteiger partial charge in [0.1, 0.15) is 0 Å². The van der Waals surface area contributed by atoms with E-state index in [1.165, 1.54) is 25.7 Å². The van der Waals surface area contributed by atoms with Crippen molar-refractivity contribution in [2.24, 2.45) is 5.73 Å². The third-order valence-corrected chi connectivity index (χ3v) is 1.65. The Labute approximate surface area is 82.7 Å². The SMILES string of the molecule is CCCCCCl.CCC[C](C)N. The highest BCUT2D eigenvalue weighted by molar-refractivity contribution is 6.17. The first kappa shape index (κ1) is 14.8. The first-order valence-corrected chi connectivity index (χ1v) is 5.36. The topological polar surface area (TPSA) is 26.0 Å². The van der Waals surface area contributed by atoms with Gasteiger partial charge in [-0.2, -0.15) is 0 Å². The highest BCUT2D eigenvalue weighted by Gasteiger charge is 1.86. The van der Waals surface area contributed by atoms with Gasteiger partial charge in [-0.3, -0.25) is 0 Å². The van der Waals surface area contributed by atoms with Crippen molar-refractivity contribution in [3.05, 3.63) is 6.04 Å². The molecule has 2 N–H and O–H groups in total. The molecule has 0 aliphatic heterocycles. The second kappa shape index (κ2) is 13.8. The van der Waals surface area contributed by atoms with E-state index in [0.717, 1.165) is 18.3 Å². The number of rotatable bonds is 5. The van der Waals surface area contributed by atoms with Gasteiger partial charge in [-0.15, -0.1) is 11.6 Å². The Morgan fingerprint density at radius 1 is 1.17 bits per heavy atom. The predicted octanol–water partition coefficient (Wildman–Crippen LogP) is 3.71. The number of halogens is 1. The van der Waals surface area contributed by atoms with Gasteiger partial charge in [0, 0.05) is 11.9 Å². The number of hydrogen-bond donors (Lipinski definition) is 1. The van der Waals surface area contributed by atoms with Crippen molar-refractivity contribution < 1.29 is 0 Å². The number of unbranched alkanes of at least 4 members (excludes halogenated alkanes) is 2. The number of hydrogen-bond acceptors (Lipinski definition) is 1. The molecule has 0 aromatic carbocycles. The molecular formula is C10H23ClN. The van der Waals surface area contributed by atoms with E-state index >= 15 is 0 Å². The summed E-state index contributed by atoms with van der Waals surface area (Å²) in [4.78, 5) is 0. The maximum absolute atomic E-state index is 5.38. The van der Waals surface area contributed by atoms with Gasteiger partial charge in [0.15, 0.2) is 0 Å². The molecule has 1 nitrogen and oxygen atoms in total. The molecule has 0 atom stereocenters. The van der Waals surface area contributed by atoms with Crippen molar-refractivity contribution in [2.75, 3.05) is 5.88 Å². The Balaban J connectivity index is 0. The van der Waals surface area contributed by atoms with E-state index in [4.69, 9.17) is 17.3 Å². The summed E-state index contributed by atoms with van der Waals surface area (Å²) in [6.45, 7) is 6.24. The second-order valence-corrected chi connectivity index (χ2v) is 3.37. The van der Waals surface area contributed by atoms with Gasteiger partial charge in [-0.05, 0) is 19.8 Å². The van der Waals surface area contributed by atoms with Crippen molar-refractivity contribution in [3.8, 4) is 0 Å². The van der Waals surface area contributed by atoms with E-state index in [-0.39, 0.29) is 0 Å². The molecule has 0 aromatic heterocycles. The average molecular weight is 193 g/mol. The Kier molecular flexibility index (Phi) is 17.0. The molecular weight excluding hydrogens is 170 g/mol. The highest BCUT2D eigenvalue weighted by atomic mass is 35.5. The van der Waals surface area contributed by atoms with Crippen LogP contribution in [0.1, 0.15) is 52.9 Å². The van der Waals surface area contributed by atoms with Gasteiger partial charge < -0.3 is 5.73 Å². The van der Waals surface area contributed by atoms with Crippen LogP contribution in [0.3, 0.4) is 0 Å². The van der Waals surface area contributed by atoms with Crippen LogP contribution >= 0.6 is 11.6 Å². The van der Waals surface area contributed by atoms with E-state index in [0.29, 0.717) is 0 Å². The summed E-state index contributed by atoms with van der Waals surface area (Å²) in [6, 6.07) is 1.04. The van der Waals surface area contributed by atoms with Gasteiger partial charge in [-0.25, -0.2) is 0 Å². The fraction of sp³-hybridized carbons (Fsp3) is 0.900. The minimum atomic E-state index is 0.827. The van der Waals surface area contributed by atoms with E-state index in [1.807, 2.05) is 6.92 Å². The van der Waals surface area contributed by atoms with Crippen LogP contribution in [0.5, 0.6) is 0 Å². The Morgan fingerprint density at radius 3 is 1.83 bits per heavy atom. The molecule has 12 heavy (non-hydrogen) atoms. The van der Waals surface area contributed by atoms with E-state index in [2.05, 4.69) is 13.8 Å². The first-order chi connectivity index (χ1) is 5.68. The fourth-order valence-electron chi connectivity index (χ4n) is 0.739. The zero-order chi connectivity index (χ0) is 9.82. The summed E-state index contributed by atoms with van der Waals surface area (Å²) in [5.74, 6) is 0.827. The normalized spacial score (nSPS) is 9.50. The summed E-state index contributed by atoms with van der Waals surface area (Å²) >= 11 is 5.38. The molecule has 0 amide bonds. The van der Waals surface area contributed by atoms with Crippen LogP contribution in [0.2, 0.25) is 0 Å². The molecule has 0 fully saturated rings. The molecule has 0 bridgehead atoms. The number of nitrogens with two attached hydrogens (primary N) is 1. The van der Waals surface area contributed by atoms with Gasteiger partial charge in [0.05, 0.1) is 0 Å². The van der Waals surface area contributed by atoms with Crippen molar-refractivity contribution in [3.63, 3.8) is 0 Å². The molecule has 0 saturated carbocycles. The predicted molar refractivity (Wildman–Crippen MR) is 58.3 cm³/mol. The van der Waals surface area contributed by atoms with Gasteiger partial charge >= 0.3 is 0 Å². The zero-order valence-corrected chi connectivity index (χ0v) is 9.45. The van der Waals surface area contributed by atoms with Crippen LogP contribution in [0.4, 0.5) is 0 Å². The average Bonchev–Trinajstić information content (AvgIpc) is 2.02. The van der Waals surface area contributed by atoms with Crippen LogP contribution in [-0.4, -0.2) is 5.88 Å². The minimum Gasteiger partial charge on any atom is -0.324 e. The lowest BCUT2D eigenvalue weighted by atomic mass is 10.2. The smallest absolute Gasteiger partial charge is 0.0305 e. The maximum Gasteiger partial charge on any atom is 0.0305 e. The molecule has 0 aliphatic rings. The summed E-state index contributed by atoms with van der Waals surface area (Å²) in [5.41, 5.74) is 5.32. The lowest BCUT2D eigenvalue weighted by molar-refractivity contribution is 0.776. The Bertz CT molecular complexity index is 60.9. The molecule has 2 heteroatoms. The summed E-state index contributed by atoms with van der Waals surface area (Å²) in [7, 11) is 0. The zero-order valence-electron chi connectivity index (χ0n) is 8.70. The van der Waals surface area contributed by atoms with Crippen molar-refractivity contribution >= 4 is 11.6 Å². The van der Waals surface area contributed by atoms with Crippen LogP contribution < -0.4 is 5.73 Å². The van der Waals surface area contributed by atoms with Gasteiger partial charge in [0.2, 0.25) is 0 Å². The van der Waals surface area contributed by atoms with Gasteiger partial charge in [-0.1, -0.05) is 33.1 Å². The Hall–Kier alpha value is 0.250. The third-order valence-electron chi connectivity index (χ3n) is 1.38. The van der Waals surface area contributed by atoms with Crippen molar-refractivity contribution in [1.82, 2.24) is 0 Å². The highest BCUT2D eigenvalue weighted by Crippen LogP contribution is 1.96. The molecule has 0 saturated heterocycles. The summed E-state index contributed by atoms with van der Waals surface area (Å²) in [6.07, 6.45) is 5.97. The van der Waals surface area contributed by atoms with Crippen LogP contribution in [-0.2, 0) is 0 Å². The largest absolute Gasteiger partial charge is 0.324 e. The molecule has 75 valence electrons. The first-order valence-electron chi connectivity index (χ1n) is 4.82. The third kappa shape index (κ3) is 22.5. The molecule has 0 rings (SSSR count). The summed E-state index contributed by atoms with van der Waals surface area (Å²) < 4.78 is 0. The summed E-state index contributed by atoms with van der Waals surface area (Å²) in [5, 5.41) is 0. The lowest BCUT2D eigenvalue weighted by Gasteiger charge is -1.95. The lowest BCUT2D eigenvalue weighted by Crippen LogP contribution is -2.02. The van der Waals surface area contributed by atoms with E-state index in [9.17, 15) is 0 Å². The molecule has 0 aliphatic carbocycles. The number of alkyl halides is 1. The maximum atomic E-state index is 5.38. The minimum absolute atomic E-state index is 0.827. The second-order valence-electron chi connectivity index (χ2n) is 2.99. The van der Waals surface area contributed by atoms with E-state index in [1.54, 1.807) is 0 Å². The molecule has 0 heterocycles. The van der Waals surface area contributed by atoms with Gasteiger partial charge in [0.25, 0.3) is 0 Å². The molecule has 0 unspecified atom stereocenters. The van der Waals surface area contributed by atoms with Crippen LogP contribution in [0.15, 0.2) is 0 Å². The monoisotopic (exact) mass is 192 g/mol. The fourth-order valence-corrected chi connectivity index (χ4v) is 0.928. The Morgan fingerprint density at radius 2 is 1.75 bits per heavy atom. The molecule has 1 radical (unpaired) electrons. The van der Waals surface area contributed by atoms with Crippen LogP contribution in [0.25, 0.3) is 0 Å². The molecule has 0 spiro atoms. The van der Waals surface area contributed by atoms with Crippen molar-refractivity contribution in [1.29, 1.82) is 0 Å². The van der Waals surface area contributed by atoms with Crippen LogP contribution in [0, 0.1) is 6.04 Å². The van der Waals surface area contributed by atoms with E-state index < -0.39 is 0 Å².